The van der Waals surface area contributed by atoms with Gasteiger partial charge in [-0.2, -0.15) is 9.40 Å². The highest BCUT2D eigenvalue weighted by Crippen LogP contribution is 2.20. The minimum absolute atomic E-state index is 0.0461. The Balaban J connectivity index is 1.46. The Morgan fingerprint density at radius 2 is 1.70 bits per heavy atom. The number of nitrogens with zero attached hydrogens (tertiary/aromatic N) is 3. The van der Waals surface area contributed by atoms with Gasteiger partial charge in [-0.15, -0.1) is 0 Å². The molecule has 1 aliphatic rings. The first kappa shape index (κ1) is 20.2. The van der Waals surface area contributed by atoms with Gasteiger partial charge in [0.05, 0.1) is 10.6 Å². The fraction of sp³-hybridized carbons (Fsp3) is 0.238. The second-order valence-corrected chi connectivity index (χ2v) is 8.97. The minimum Gasteiger partial charge on any atom is -0.336 e. The van der Waals surface area contributed by atoms with Crippen molar-refractivity contribution in [2.45, 2.75) is 11.3 Å². The van der Waals surface area contributed by atoms with Crippen LogP contribution >= 0.6 is 0 Å². The highest BCUT2D eigenvalue weighted by molar-refractivity contribution is 7.89. The average molecular weight is 428 g/mol. The quantitative estimate of drug-likeness (QED) is 0.692. The van der Waals surface area contributed by atoms with Crippen LogP contribution in [0.25, 0.3) is 11.3 Å². The monoisotopic (exact) mass is 428 g/mol. The van der Waals surface area contributed by atoms with Crippen LogP contribution in [0.5, 0.6) is 0 Å². The van der Waals surface area contributed by atoms with E-state index in [1.54, 1.807) is 11.0 Å². The molecule has 9 heteroatoms. The molecule has 0 radical (unpaired) electrons. The zero-order valence-electron chi connectivity index (χ0n) is 16.2. The van der Waals surface area contributed by atoms with Crippen molar-refractivity contribution in [2.24, 2.45) is 0 Å². The molecule has 156 valence electrons. The maximum Gasteiger partial charge on any atom is 0.271 e. The van der Waals surface area contributed by atoms with Crippen molar-refractivity contribution in [2.75, 3.05) is 26.2 Å². The normalized spacial score (nSPS) is 15.7. The van der Waals surface area contributed by atoms with Crippen LogP contribution in [0.4, 0.5) is 4.39 Å². The van der Waals surface area contributed by atoms with E-state index in [-0.39, 0.29) is 23.9 Å². The minimum atomic E-state index is -3.74. The lowest BCUT2D eigenvalue weighted by atomic mass is 10.1. The van der Waals surface area contributed by atoms with E-state index in [1.807, 2.05) is 30.3 Å². The molecule has 0 unspecified atom stereocenters. The molecule has 0 bridgehead atoms. The molecule has 2 heterocycles. The van der Waals surface area contributed by atoms with Crippen molar-refractivity contribution >= 4 is 15.9 Å². The van der Waals surface area contributed by atoms with E-state index in [9.17, 15) is 17.6 Å². The summed E-state index contributed by atoms with van der Waals surface area (Å²) in [4.78, 5) is 14.6. The highest BCUT2D eigenvalue weighted by atomic mass is 32.2. The predicted octanol–water partition coefficient (Wildman–Crippen LogP) is 2.75. The molecule has 1 aromatic heterocycles. The fourth-order valence-corrected chi connectivity index (χ4v) is 4.92. The third-order valence-corrected chi connectivity index (χ3v) is 6.98. The average Bonchev–Trinajstić information content (AvgIpc) is 3.11. The second kappa shape index (κ2) is 8.37. The molecule has 1 N–H and O–H groups in total. The van der Waals surface area contributed by atoms with Crippen LogP contribution in [-0.4, -0.2) is 59.9 Å². The highest BCUT2D eigenvalue weighted by Gasteiger charge is 2.29. The van der Waals surface area contributed by atoms with Crippen LogP contribution in [0.2, 0.25) is 0 Å². The standard InChI is InChI=1S/C21H21FN4O3S/c22-17-7-9-18(10-8-17)30(28,29)26-12-4-11-25(13-14-26)21(27)20-15-19(23-24-20)16-5-2-1-3-6-16/h1-3,5-10,15H,4,11-14H2,(H,23,24). The lowest BCUT2D eigenvalue weighted by Crippen LogP contribution is -2.37. The first-order chi connectivity index (χ1) is 14.4. The van der Waals surface area contributed by atoms with Crippen molar-refractivity contribution in [3.05, 3.63) is 72.2 Å². The van der Waals surface area contributed by atoms with Crippen molar-refractivity contribution in [3.8, 4) is 11.3 Å². The Kier molecular flexibility index (Phi) is 5.65. The molecule has 4 rings (SSSR count). The number of aromatic nitrogens is 2. The van der Waals surface area contributed by atoms with Gasteiger partial charge >= 0.3 is 0 Å². The molecule has 3 aromatic rings. The number of hydrogen-bond acceptors (Lipinski definition) is 4. The Hall–Kier alpha value is -3.04. The first-order valence-electron chi connectivity index (χ1n) is 9.61. The maximum absolute atomic E-state index is 13.1. The molecule has 7 nitrogen and oxygen atoms in total. The van der Waals surface area contributed by atoms with Crippen molar-refractivity contribution in [1.29, 1.82) is 0 Å². The van der Waals surface area contributed by atoms with E-state index in [4.69, 9.17) is 0 Å². The topological polar surface area (TPSA) is 86.4 Å². The molecule has 1 saturated heterocycles. The summed E-state index contributed by atoms with van der Waals surface area (Å²) in [5.74, 6) is -0.707. The van der Waals surface area contributed by atoms with Gasteiger partial charge in [0.25, 0.3) is 5.91 Å². The van der Waals surface area contributed by atoms with Crippen LogP contribution < -0.4 is 0 Å². The lowest BCUT2D eigenvalue weighted by molar-refractivity contribution is 0.0758. The van der Waals surface area contributed by atoms with Gasteiger partial charge in [0.2, 0.25) is 10.0 Å². The molecular formula is C21H21FN4O3S. The number of H-pyrrole nitrogens is 1. The predicted molar refractivity (Wildman–Crippen MR) is 110 cm³/mol. The van der Waals surface area contributed by atoms with Gasteiger partial charge in [-0.05, 0) is 36.8 Å². The summed E-state index contributed by atoms with van der Waals surface area (Å²) in [5.41, 5.74) is 1.94. The number of hydrogen-bond donors (Lipinski definition) is 1. The number of carbonyl (C=O) groups excluding carboxylic acids is 1. The van der Waals surface area contributed by atoms with Crippen LogP contribution in [0.1, 0.15) is 16.9 Å². The second-order valence-electron chi connectivity index (χ2n) is 7.04. The molecule has 30 heavy (non-hydrogen) atoms. The number of sulfonamides is 1. The molecule has 1 fully saturated rings. The molecule has 0 aliphatic carbocycles. The fourth-order valence-electron chi connectivity index (χ4n) is 3.45. The van der Waals surface area contributed by atoms with Crippen LogP contribution in [-0.2, 0) is 10.0 Å². The Morgan fingerprint density at radius 1 is 0.967 bits per heavy atom. The van der Waals surface area contributed by atoms with E-state index in [0.717, 1.165) is 17.7 Å². The van der Waals surface area contributed by atoms with E-state index >= 15 is 0 Å². The summed E-state index contributed by atoms with van der Waals surface area (Å²) in [6, 6.07) is 16.0. The summed E-state index contributed by atoms with van der Waals surface area (Å²) in [6.45, 7) is 1.17. The summed E-state index contributed by atoms with van der Waals surface area (Å²) < 4.78 is 40.2. The molecule has 0 atom stereocenters. The summed E-state index contributed by atoms with van der Waals surface area (Å²) in [5, 5.41) is 7.00. The lowest BCUT2D eigenvalue weighted by Gasteiger charge is -2.21. The van der Waals surface area contributed by atoms with Gasteiger partial charge < -0.3 is 4.90 Å². The number of halogens is 1. The van der Waals surface area contributed by atoms with Crippen molar-refractivity contribution in [1.82, 2.24) is 19.4 Å². The summed E-state index contributed by atoms with van der Waals surface area (Å²) in [7, 11) is -3.74. The number of amides is 1. The summed E-state index contributed by atoms with van der Waals surface area (Å²) >= 11 is 0. The number of carbonyl (C=O) groups is 1. The van der Waals surface area contributed by atoms with Crippen LogP contribution in [0.15, 0.2) is 65.6 Å². The van der Waals surface area contributed by atoms with Gasteiger partial charge in [-0.3, -0.25) is 9.89 Å². The van der Waals surface area contributed by atoms with E-state index in [2.05, 4.69) is 10.2 Å². The number of benzene rings is 2. The third-order valence-electron chi connectivity index (χ3n) is 5.07. The molecule has 1 aliphatic heterocycles. The van der Waals surface area contributed by atoms with Gasteiger partial charge in [0, 0.05) is 31.7 Å². The SMILES string of the molecule is O=C(c1cc(-c2ccccc2)n[nH]1)N1CCCN(S(=O)(=O)c2ccc(F)cc2)CC1. The molecule has 0 saturated carbocycles. The zero-order valence-corrected chi connectivity index (χ0v) is 17.0. The maximum atomic E-state index is 13.1. The Bertz CT molecular complexity index is 1130. The largest absolute Gasteiger partial charge is 0.336 e. The van der Waals surface area contributed by atoms with Gasteiger partial charge in [0.15, 0.2) is 0 Å². The number of nitrogens with one attached hydrogen (secondary N) is 1. The van der Waals surface area contributed by atoms with E-state index < -0.39 is 15.8 Å². The van der Waals surface area contributed by atoms with E-state index in [1.165, 1.54) is 16.4 Å². The van der Waals surface area contributed by atoms with Crippen LogP contribution in [0.3, 0.4) is 0 Å². The Labute approximate surface area is 174 Å². The van der Waals surface area contributed by atoms with E-state index in [0.29, 0.717) is 30.9 Å². The van der Waals surface area contributed by atoms with Gasteiger partial charge in [0.1, 0.15) is 11.5 Å². The smallest absolute Gasteiger partial charge is 0.271 e. The molecular weight excluding hydrogens is 407 g/mol. The zero-order chi connectivity index (χ0) is 21.1. The Morgan fingerprint density at radius 3 is 2.43 bits per heavy atom. The summed E-state index contributed by atoms with van der Waals surface area (Å²) in [6.07, 6.45) is 0.506. The van der Waals surface area contributed by atoms with Gasteiger partial charge in [-0.25, -0.2) is 12.8 Å². The number of aromatic amines is 1. The van der Waals surface area contributed by atoms with Crippen LogP contribution in [0, 0.1) is 5.82 Å². The molecule has 1 amide bonds. The number of rotatable bonds is 4. The molecule has 0 spiro atoms. The molecule has 2 aromatic carbocycles. The van der Waals surface area contributed by atoms with Crippen molar-refractivity contribution in [3.63, 3.8) is 0 Å². The third kappa shape index (κ3) is 4.12. The van der Waals surface area contributed by atoms with Crippen molar-refractivity contribution < 1.29 is 17.6 Å². The van der Waals surface area contributed by atoms with Gasteiger partial charge in [-0.1, -0.05) is 30.3 Å². The first-order valence-corrected chi connectivity index (χ1v) is 11.0.